The molecule has 0 unspecified atom stereocenters. The molecule has 1 aromatic carbocycles. The molecule has 0 radical (unpaired) electrons. The van der Waals surface area contributed by atoms with Gasteiger partial charge in [0.1, 0.15) is 0 Å². The van der Waals surface area contributed by atoms with Crippen molar-refractivity contribution in [2.75, 3.05) is 39.4 Å². The smallest absolute Gasteiger partial charge is 0.222 e. The quantitative estimate of drug-likeness (QED) is 0.764. The van der Waals surface area contributed by atoms with Gasteiger partial charge in [0, 0.05) is 36.6 Å². The van der Waals surface area contributed by atoms with Crippen molar-refractivity contribution in [3.8, 4) is 0 Å². The molecule has 2 fully saturated rings. The van der Waals surface area contributed by atoms with Crippen LogP contribution in [0, 0.1) is 0 Å². The number of hydrogen-bond acceptors (Lipinski definition) is 3. The van der Waals surface area contributed by atoms with E-state index in [1.807, 2.05) is 4.90 Å². The molecule has 0 saturated carbocycles. The van der Waals surface area contributed by atoms with E-state index >= 15 is 0 Å². The lowest BCUT2D eigenvalue weighted by molar-refractivity contribution is -0.135. The van der Waals surface area contributed by atoms with Gasteiger partial charge >= 0.3 is 0 Å². The summed E-state index contributed by atoms with van der Waals surface area (Å²) in [6.07, 6.45) is 10.2. The number of fused-ring (bicyclic) bond motifs is 1. The first-order valence-electron chi connectivity index (χ1n) is 11.0. The molecule has 2 aliphatic rings. The summed E-state index contributed by atoms with van der Waals surface area (Å²) in [5.74, 6) is 0.275. The maximum absolute atomic E-state index is 12.4. The van der Waals surface area contributed by atoms with Gasteiger partial charge < -0.3 is 14.2 Å². The number of hydrogen-bond donors (Lipinski definition) is 0. The Balaban J connectivity index is 1.40. The minimum Gasteiger partial charge on any atom is -0.378 e. The van der Waals surface area contributed by atoms with Crippen molar-refractivity contribution < 1.29 is 9.53 Å². The molecule has 0 N–H and O–H groups in total. The highest BCUT2D eigenvalue weighted by Crippen LogP contribution is 2.24. The van der Waals surface area contributed by atoms with Crippen molar-refractivity contribution in [3.05, 3.63) is 36.0 Å². The summed E-state index contributed by atoms with van der Waals surface area (Å²) in [4.78, 5) is 16.9. The maximum Gasteiger partial charge on any atom is 0.222 e. The molecular weight excluding hydrogens is 350 g/mol. The van der Waals surface area contributed by atoms with Gasteiger partial charge in [-0.25, -0.2) is 0 Å². The van der Waals surface area contributed by atoms with Gasteiger partial charge in [0.15, 0.2) is 0 Å². The number of morpholine rings is 1. The molecule has 0 aliphatic carbocycles. The molecule has 4 rings (SSSR count). The largest absolute Gasteiger partial charge is 0.378 e. The molecule has 0 spiro atoms. The zero-order chi connectivity index (χ0) is 19.2. The molecule has 2 saturated heterocycles. The average Bonchev–Trinajstić information content (AvgIpc) is 2.90. The lowest BCUT2D eigenvalue weighted by Gasteiger charge is -2.26. The second-order valence-electron chi connectivity index (χ2n) is 8.16. The molecule has 1 aromatic heterocycles. The predicted molar refractivity (Wildman–Crippen MR) is 112 cm³/mol. The van der Waals surface area contributed by atoms with Crippen LogP contribution in [0.3, 0.4) is 0 Å². The van der Waals surface area contributed by atoms with Crippen molar-refractivity contribution in [3.63, 3.8) is 0 Å². The second-order valence-corrected chi connectivity index (χ2v) is 8.16. The van der Waals surface area contributed by atoms with E-state index in [-0.39, 0.29) is 5.91 Å². The topological polar surface area (TPSA) is 37.7 Å². The maximum atomic E-state index is 12.4. The van der Waals surface area contributed by atoms with Gasteiger partial charge in [-0.15, -0.1) is 0 Å². The molecule has 1 amide bonds. The van der Waals surface area contributed by atoms with Crippen LogP contribution in [-0.4, -0.2) is 59.7 Å². The molecule has 2 aromatic rings. The Kier molecular flexibility index (Phi) is 6.65. The molecule has 0 bridgehead atoms. The Labute approximate surface area is 168 Å². The molecule has 5 heteroatoms. The Morgan fingerprint density at radius 3 is 2.50 bits per heavy atom. The van der Waals surface area contributed by atoms with E-state index in [0.29, 0.717) is 19.6 Å². The zero-order valence-electron chi connectivity index (χ0n) is 16.9. The molecule has 0 atom stereocenters. The third-order valence-electron chi connectivity index (χ3n) is 6.12. The van der Waals surface area contributed by atoms with Crippen molar-refractivity contribution >= 4 is 16.8 Å². The number of carbonyl (C=O) groups excluding carboxylic acids is 1. The van der Waals surface area contributed by atoms with Gasteiger partial charge in [-0.1, -0.05) is 31.0 Å². The summed E-state index contributed by atoms with van der Waals surface area (Å²) in [7, 11) is 0. The van der Waals surface area contributed by atoms with Gasteiger partial charge in [0.2, 0.25) is 5.91 Å². The van der Waals surface area contributed by atoms with E-state index in [0.717, 1.165) is 32.6 Å². The minimum absolute atomic E-state index is 0.275. The van der Waals surface area contributed by atoms with Gasteiger partial charge in [-0.3, -0.25) is 9.69 Å². The SMILES string of the molecule is O=C(CCCc1cn(CN2CCCCCC2)c2ccccc12)N1CCOCC1. The number of rotatable bonds is 6. The lowest BCUT2D eigenvalue weighted by Crippen LogP contribution is -2.40. The molecule has 28 heavy (non-hydrogen) atoms. The monoisotopic (exact) mass is 383 g/mol. The van der Waals surface area contributed by atoms with E-state index in [9.17, 15) is 4.79 Å². The normalized spacial score (nSPS) is 19.1. The van der Waals surface area contributed by atoms with Crippen LogP contribution in [0.25, 0.3) is 10.9 Å². The van der Waals surface area contributed by atoms with Crippen LogP contribution in [0.1, 0.15) is 44.1 Å². The van der Waals surface area contributed by atoms with Crippen molar-refractivity contribution in [2.45, 2.75) is 51.6 Å². The van der Waals surface area contributed by atoms with E-state index in [2.05, 4.69) is 39.9 Å². The van der Waals surface area contributed by atoms with Gasteiger partial charge in [-0.05, 0) is 50.4 Å². The fraction of sp³-hybridized carbons (Fsp3) is 0.609. The first kappa shape index (κ1) is 19.5. The number of para-hydroxylation sites is 1. The van der Waals surface area contributed by atoms with E-state index in [1.54, 1.807) is 0 Å². The lowest BCUT2D eigenvalue weighted by atomic mass is 10.1. The number of ether oxygens (including phenoxy) is 1. The van der Waals surface area contributed by atoms with Gasteiger partial charge in [0.05, 0.1) is 19.9 Å². The number of aromatic nitrogens is 1. The van der Waals surface area contributed by atoms with Crippen LogP contribution in [0.2, 0.25) is 0 Å². The van der Waals surface area contributed by atoms with Crippen LogP contribution in [0.5, 0.6) is 0 Å². The van der Waals surface area contributed by atoms with Gasteiger partial charge in [0.25, 0.3) is 0 Å². The zero-order valence-corrected chi connectivity index (χ0v) is 16.9. The van der Waals surface area contributed by atoms with Crippen LogP contribution < -0.4 is 0 Å². The molecule has 152 valence electrons. The van der Waals surface area contributed by atoms with E-state index in [1.165, 1.54) is 55.2 Å². The highest BCUT2D eigenvalue weighted by Gasteiger charge is 2.17. The number of nitrogens with zero attached hydrogens (tertiary/aromatic N) is 3. The van der Waals surface area contributed by atoms with Crippen LogP contribution >= 0.6 is 0 Å². The van der Waals surface area contributed by atoms with Crippen LogP contribution in [-0.2, 0) is 22.6 Å². The summed E-state index contributed by atoms with van der Waals surface area (Å²) in [6, 6.07) is 8.72. The van der Waals surface area contributed by atoms with Crippen molar-refractivity contribution in [2.24, 2.45) is 0 Å². The summed E-state index contributed by atoms with van der Waals surface area (Å²) in [5, 5.41) is 1.34. The van der Waals surface area contributed by atoms with E-state index < -0.39 is 0 Å². The Bertz CT molecular complexity index is 771. The summed E-state index contributed by atoms with van der Waals surface area (Å²) >= 11 is 0. The fourth-order valence-electron chi connectivity index (χ4n) is 4.53. The minimum atomic E-state index is 0.275. The number of benzene rings is 1. The third-order valence-corrected chi connectivity index (χ3v) is 6.12. The van der Waals surface area contributed by atoms with Gasteiger partial charge in [-0.2, -0.15) is 0 Å². The number of carbonyl (C=O) groups is 1. The molecular formula is C23H33N3O2. The fourth-order valence-corrected chi connectivity index (χ4v) is 4.53. The highest BCUT2D eigenvalue weighted by atomic mass is 16.5. The first-order chi connectivity index (χ1) is 13.8. The molecule has 3 heterocycles. The van der Waals surface area contributed by atoms with Crippen molar-refractivity contribution in [1.29, 1.82) is 0 Å². The average molecular weight is 384 g/mol. The van der Waals surface area contributed by atoms with Crippen LogP contribution in [0.15, 0.2) is 30.5 Å². The second kappa shape index (κ2) is 9.57. The predicted octanol–water partition coefficient (Wildman–Crippen LogP) is 3.66. The Hall–Kier alpha value is -1.85. The standard InChI is InChI=1S/C23H33N3O2/c27-23(25-14-16-28-17-15-25)11-7-8-20-18-26(22-10-4-3-9-21(20)22)19-24-12-5-1-2-6-13-24/h3-4,9-10,18H,1-2,5-8,11-17,19H2. The van der Waals surface area contributed by atoms with Crippen LogP contribution in [0.4, 0.5) is 0 Å². The third kappa shape index (κ3) is 4.76. The highest BCUT2D eigenvalue weighted by molar-refractivity contribution is 5.84. The summed E-state index contributed by atoms with van der Waals surface area (Å²) in [6.45, 7) is 6.23. The Morgan fingerprint density at radius 1 is 0.964 bits per heavy atom. The molecule has 5 nitrogen and oxygen atoms in total. The number of aryl methyl sites for hydroxylation is 1. The molecule has 2 aliphatic heterocycles. The Morgan fingerprint density at radius 2 is 1.71 bits per heavy atom. The number of likely N-dealkylation sites (tertiary alicyclic amines) is 1. The van der Waals surface area contributed by atoms with E-state index in [4.69, 9.17) is 4.74 Å². The van der Waals surface area contributed by atoms with Crippen molar-refractivity contribution in [1.82, 2.24) is 14.4 Å². The first-order valence-corrected chi connectivity index (χ1v) is 11.0. The number of amides is 1. The summed E-state index contributed by atoms with van der Waals surface area (Å²) < 4.78 is 7.76. The summed E-state index contributed by atoms with van der Waals surface area (Å²) in [5.41, 5.74) is 2.70.